The first-order valence-corrected chi connectivity index (χ1v) is 8.67. The van der Waals surface area contributed by atoms with Crippen LogP contribution in [0.4, 0.5) is 20.3 Å². The van der Waals surface area contributed by atoms with Crippen LogP contribution in [0.3, 0.4) is 0 Å². The first-order chi connectivity index (χ1) is 13.0. The third-order valence-corrected chi connectivity index (χ3v) is 4.08. The number of hydrogen-bond acceptors (Lipinski definition) is 6. The zero-order chi connectivity index (χ0) is 19.2. The monoisotopic (exact) mass is 377 g/mol. The Labute approximate surface area is 155 Å². The van der Waals surface area contributed by atoms with E-state index in [1.54, 1.807) is 6.92 Å². The van der Waals surface area contributed by atoms with Crippen molar-refractivity contribution < 1.29 is 18.3 Å². The molecule has 0 radical (unpaired) electrons. The van der Waals surface area contributed by atoms with Crippen molar-refractivity contribution in [3.05, 3.63) is 47.4 Å². The minimum Gasteiger partial charge on any atom is -0.379 e. The highest BCUT2D eigenvalue weighted by molar-refractivity contribution is 5.93. The molecule has 1 aliphatic heterocycles. The Morgan fingerprint density at radius 2 is 1.96 bits per heavy atom. The maximum Gasteiger partial charge on any atom is 0.270 e. The van der Waals surface area contributed by atoms with Gasteiger partial charge in [0, 0.05) is 44.0 Å². The van der Waals surface area contributed by atoms with Gasteiger partial charge in [0.05, 0.1) is 13.2 Å². The Morgan fingerprint density at radius 1 is 1.19 bits per heavy atom. The second-order valence-corrected chi connectivity index (χ2v) is 6.15. The molecule has 144 valence electrons. The van der Waals surface area contributed by atoms with Crippen molar-refractivity contribution in [1.29, 1.82) is 0 Å². The van der Waals surface area contributed by atoms with E-state index in [4.69, 9.17) is 4.74 Å². The third-order valence-electron chi connectivity index (χ3n) is 4.08. The molecule has 2 N–H and O–H groups in total. The van der Waals surface area contributed by atoms with Gasteiger partial charge in [-0.3, -0.25) is 9.69 Å². The number of nitrogens with one attached hydrogen (secondary N) is 2. The molecular weight excluding hydrogens is 356 g/mol. The Kier molecular flexibility index (Phi) is 6.25. The largest absolute Gasteiger partial charge is 0.379 e. The van der Waals surface area contributed by atoms with Gasteiger partial charge in [-0.05, 0) is 19.1 Å². The minimum absolute atomic E-state index is 0.203. The number of aromatic nitrogens is 2. The van der Waals surface area contributed by atoms with Crippen LogP contribution in [0.15, 0.2) is 24.3 Å². The van der Waals surface area contributed by atoms with Crippen LogP contribution in [0, 0.1) is 18.6 Å². The van der Waals surface area contributed by atoms with E-state index in [0.717, 1.165) is 31.8 Å². The number of carbonyl (C=O) groups excluding carboxylic acids is 1. The standard InChI is InChI=1S/C18H21F2N5O2/c1-12-22-16(18(26)21-4-5-25-6-8-27-9-7-25)11-17(23-12)24-13-2-3-14(19)15(20)10-13/h2-3,10-11H,4-9H2,1H3,(H,21,26)(H,22,23,24). The van der Waals surface area contributed by atoms with Crippen LogP contribution in [0.2, 0.25) is 0 Å². The van der Waals surface area contributed by atoms with Gasteiger partial charge in [-0.25, -0.2) is 18.7 Å². The molecule has 7 nitrogen and oxygen atoms in total. The van der Waals surface area contributed by atoms with E-state index in [-0.39, 0.29) is 11.6 Å². The van der Waals surface area contributed by atoms with Crippen LogP contribution < -0.4 is 10.6 Å². The van der Waals surface area contributed by atoms with Gasteiger partial charge in [0.15, 0.2) is 11.6 Å². The Morgan fingerprint density at radius 3 is 2.70 bits per heavy atom. The second-order valence-electron chi connectivity index (χ2n) is 6.15. The molecule has 1 saturated heterocycles. The zero-order valence-electron chi connectivity index (χ0n) is 15.0. The second kappa shape index (κ2) is 8.83. The fraction of sp³-hybridized carbons (Fsp3) is 0.389. The molecule has 2 heterocycles. The molecule has 1 aromatic heterocycles. The highest BCUT2D eigenvalue weighted by atomic mass is 19.2. The van der Waals surface area contributed by atoms with E-state index in [1.165, 1.54) is 12.1 Å². The lowest BCUT2D eigenvalue weighted by Crippen LogP contribution is -2.41. The van der Waals surface area contributed by atoms with Crippen molar-refractivity contribution >= 4 is 17.4 Å². The summed E-state index contributed by atoms with van der Waals surface area (Å²) in [6.45, 7) is 6.00. The summed E-state index contributed by atoms with van der Waals surface area (Å²) in [6.07, 6.45) is 0. The van der Waals surface area contributed by atoms with Crippen LogP contribution in [-0.4, -0.2) is 60.2 Å². The summed E-state index contributed by atoms with van der Waals surface area (Å²) in [5.74, 6) is -1.50. The van der Waals surface area contributed by atoms with Gasteiger partial charge >= 0.3 is 0 Å². The number of benzene rings is 1. The molecule has 2 aromatic rings. The van der Waals surface area contributed by atoms with Crippen molar-refractivity contribution in [3.63, 3.8) is 0 Å². The van der Waals surface area contributed by atoms with Crippen LogP contribution in [0.1, 0.15) is 16.3 Å². The predicted molar refractivity (Wildman–Crippen MR) is 96.0 cm³/mol. The molecule has 9 heteroatoms. The molecule has 1 fully saturated rings. The van der Waals surface area contributed by atoms with E-state index in [1.807, 2.05) is 0 Å². The Bertz CT molecular complexity index is 812. The summed E-state index contributed by atoms with van der Waals surface area (Å²) in [5.41, 5.74) is 0.528. The number of morpholine rings is 1. The summed E-state index contributed by atoms with van der Waals surface area (Å²) in [6, 6.07) is 4.90. The minimum atomic E-state index is -0.966. The number of hydrogen-bond donors (Lipinski definition) is 2. The van der Waals surface area contributed by atoms with Crippen molar-refractivity contribution in [1.82, 2.24) is 20.2 Å². The SMILES string of the molecule is Cc1nc(Nc2ccc(F)c(F)c2)cc(C(=O)NCCN2CCOCC2)n1. The first kappa shape index (κ1) is 19.1. The highest BCUT2D eigenvalue weighted by Gasteiger charge is 2.13. The molecule has 1 aromatic carbocycles. The molecule has 0 atom stereocenters. The maximum atomic E-state index is 13.3. The molecule has 0 bridgehead atoms. The Balaban J connectivity index is 1.61. The average molecular weight is 377 g/mol. The molecule has 0 spiro atoms. The van der Waals surface area contributed by atoms with Crippen LogP contribution in [0.25, 0.3) is 0 Å². The Hall–Kier alpha value is -2.65. The molecule has 0 saturated carbocycles. The smallest absolute Gasteiger partial charge is 0.270 e. The molecular formula is C18H21F2N5O2. The number of halogens is 2. The predicted octanol–water partition coefficient (Wildman–Crippen LogP) is 1.87. The van der Waals surface area contributed by atoms with Crippen molar-refractivity contribution in [2.45, 2.75) is 6.92 Å². The molecule has 1 amide bonds. The van der Waals surface area contributed by atoms with Gasteiger partial charge in [0.1, 0.15) is 17.3 Å². The fourth-order valence-corrected chi connectivity index (χ4v) is 2.71. The molecule has 0 aliphatic carbocycles. The van der Waals surface area contributed by atoms with E-state index in [9.17, 15) is 13.6 Å². The van der Waals surface area contributed by atoms with E-state index in [0.29, 0.717) is 37.1 Å². The number of rotatable bonds is 6. The topological polar surface area (TPSA) is 79.4 Å². The number of anilines is 2. The highest BCUT2D eigenvalue weighted by Crippen LogP contribution is 2.18. The summed E-state index contributed by atoms with van der Waals surface area (Å²) in [7, 11) is 0. The number of aryl methyl sites for hydroxylation is 1. The maximum absolute atomic E-state index is 13.3. The van der Waals surface area contributed by atoms with Gasteiger partial charge in [0.25, 0.3) is 5.91 Å². The van der Waals surface area contributed by atoms with Crippen molar-refractivity contribution in [2.75, 3.05) is 44.7 Å². The number of carbonyl (C=O) groups is 1. The molecule has 1 aliphatic rings. The van der Waals surface area contributed by atoms with Gasteiger partial charge in [0.2, 0.25) is 0 Å². The summed E-state index contributed by atoms with van der Waals surface area (Å²) in [5, 5.41) is 5.69. The van der Waals surface area contributed by atoms with Crippen molar-refractivity contribution in [2.24, 2.45) is 0 Å². The van der Waals surface area contributed by atoms with E-state index >= 15 is 0 Å². The van der Waals surface area contributed by atoms with Crippen LogP contribution in [-0.2, 0) is 4.74 Å². The average Bonchev–Trinajstić information content (AvgIpc) is 2.65. The summed E-state index contributed by atoms with van der Waals surface area (Å²) < 4.78 is 31.7. The van der Waals surface area contributed by atoms with Gasteiger partial charge in [-0.2, -0.15) is 0 Å². The lowest BCUT2D eigenvalue weighted by Gasteiger charge is -2.26. The molecule has 27 heavy (non-hydrogen) atoms. The van der Waals surface area contributed by atoms with E-state index < -0.39 is 11.6 Å². The lowest BCUT2D eigenvalue weighted by atomic mass is 10.3. The van der Waals surface area contributed by atoms with Crippen LogP contribution >= 0.6 is 0 Å². The fourth-order valence-electron chi connectivity index (χ4n) is 2.71. The zero-order valence-corrected chi connectivity index (χ0v) is 15.0. The summed E-state index contributed by atoms with van der Waals surface area (Å²) >= 11 is 0. The number of nitrogens with zero attached hydrogens (tertiary/aromatic N) is 3. The molecule has 0 unspecified atom stereocenters. The molecule has 3 rings (SSSR count). The normalized spacial score (nSPS) is 14.8. The third kappa shape index (κ3) is 5.41. The number of amides is 1. The van der Waals surface area contributed by atoms with Gasteiger partial charge < -0.3 is 15.4 Å². The van der Waals surface area contributed by atoms with E-state index in [2.05, 4.69) is 25.5 Å². The first-order valence-electron chi connectivity index (χ1n) is 8.67. The number of ether oxygens (including phenoxy) is 1. The summed E-state index contributed by atoms with van der Waals surface area (Å²) in [4.78, 5) is 22.9. The quantitative estimate of drug-likeness (QED) is 0.800. The van der Waals surface area contributed by atoms with Crippen LogP contribution in [0.5, 0.6) is 0 Å². The van der Waals surface area contributed by atoms with Crippen molar-refractivity contribution in [3.8, 4) is 0 Å². The van der Waals surface area contributed by atoms with Gasteiger partial charge in [-0.1, -0.05) is 0 Å². The van der Waals surface area contributed by atoms with Gasteiger partial charge in [-0.15, -0.1) is 0 Å². The lowest BCUT2D eigenvalue weighted by molar-refractivity contribution is 0.0383.